The summed E-state index contributed by atoms with van der Waals surface area (Å²) in [5.41, 5.74) is 0. The van der Waals surface area contributed by atoms with E-state index in [-0.39, 0.29) is 12.1 Å². The van der Waals surface area contributed by atoms with E-state index in [1.165, 1.54) is 4.88 Å². The Bertz CT molecular complexity index is 431. The molecular formula is C16H27N3O2S. The summed E-state index contributed by atoms with van der Waals surface area (Å²) in [7, 11) is 0. The number of nitrogens with one attached hydrogen (secondary N) is 1. The Labute approximate surface area is 137 Å². The molecule has 6 heteroatoms. The predicted molar refractivity (Wildman–Crippen MR) is 90.4 cm³/mol. The molecule has 0 radical (unpaired) electrons. The van der Waals surface area contributed by atoms with Crippen molar-refractivity contribution < 1.29 is 9.53 Å². The Morgan fingerprint density at radius 3 is 2.77 bits per heavy atom. The second kappa shape index (κ2) is 9.12. The molecule has 0 spiro atoms. The monoisotopic (exact) mass is 325 g/mol. The van der Waals surface area contributed by atoms with E-state index in [0.29, 0.717) is 0 Å². The summed E-state index contributed by atoms with van der Waals surface area (Å²) in [6, 6.07) is 4.20. The summed E-state index contributed by atoms with van der Waals surface area (Å²) in [4.78, 5) is 17.8. The molecule has 2 rings (SSSR count). The van der Waals surface area contributed by atoms with Gasteiger partial charge in [-0.15, -0.1) is 11.3 Å². The van der Waals surface area contributed by atoms with Gasteiger partial charge < -0.3 is 15.0 Å². The maximum absolute atomic E-state index is 12.3. The van der Waals surface area contributed by atoms with Crippen molar-refractivity contribution in [2.45, 2.75) is 26.3 Å². The molecule has 5 nitrogen and oxygen atoms in total. The Hall–Kier alpha value is -1.11. The number of urea groups is 1. The number of ether oxygens (including phenoxy) is 1. The molecule has 124 valence electrons. The minimum atomic E-state index is 0.0442. The molecule has 2 amide bonds. The van der Waals surface area contributed by atoms with Crippen LogP contribution in [-0.2, 0) is 4.74 Å². The molecule has 1 aromatic rings. The minimum Gasteiger partial charge on any atom is -0.380 e. The van der Waals surface area contributed by atoms with E-state index in [4.69, 9.17) is 4.74 Å². The number of rotatable bonds is 7. The van der Waals surface area contributed by atoms with Crippen LogP contribution in [0.25, 0.3) is 0 Å². The zero-order chi connectivity index (χ0) is 15.8. The third kappa shape index (κ3) is 5.26. The molecule has 1 atom stereocenters. The lowest BCUT2D eigenvalue weighted by Gasteiger charge is -2.35. The summed E-state index contributed by atoms with van der Waals surface area (Å²) >= 11 is 1.68. The van der Waals surface area contributed by atoms with Gasteiger partial charge in [0, 0.05) is 44.2 Å². The van der Waals surface area contributed by atoms with Gasteiger partial charge in [0.25, 0.3) is 0 Å². The highest BCUT2D eigenvalue weighted by Gasteiger charge is 2.22. The van der Waals surface area contributed by atoms with Crippen LogP contribution in [0, 0.1) is 0 Å². The van der Waals surface area contributed by atoms with Gasteiger partial charge in [0.2, 0.25) is 0 Å². The summed E-state index contributed by atoms with van der Waals surface area (Å²) in [5.74, 6) is 0. The van der Waals surface area contributed by atoms with Gasteiger partial charge in [0.05, 0.1) is 12.6 Å². The summed E-state index contributed by atoms with van der Waals surface area (Å²) in [6.45, 7) is 10.2. The number of hydrogen-bond acceptors (Lipinski definition) is 4. The zero-order valence-electron chi connectivity index (χ0n) is 13.6. The maximum atomic E-state index is 12.3. The Morgan fingerprint density at radius 2 is 2.14 bits per heavy atom. The Balaban J connectivity index is 1.66. The van der Waals surface area contributed by atoms with E-state index in [1.54, 1.807) is 11.3 Å². The van der Waals surface area contributed by atoms with Gasteiger partial charge in [-0.05, 0) is 24.8 Å². The van der Waals surface area contributed by atoms with Gasteiger partial charge in [-0.1, -0.05) is 13.0 Å². The fourth-order valence-electron chi connectivity index (χ4n) is 2.50. The molecular weight excluding hydrogens is 298 g/mol. The first-order valence-corrected chi connectivity index (χ1v) is 8.97. The average molecular weight is 325 g/mol. The number of nitrogens with zero attached hydrogens (tertiary/aromatic N) is 2. The van der Waals surface area contributed by atoms with E-state index in [9.17, 15) is 4.79 Å². The number of piperazine rings is 1. The number of carbonyl (C=O) groups is 1. The maximum Gasteiger partial charge on any atom is 0.317 e. The van der Waals surface area contributed by atoms with E-state index in [0.717, 1.165) is 52.4 Å². The molecule has 2 heterocycles. The molecule has 0 bridgehead atoms. The van der Waals surface area contributed by atoms with Crippen molar-refractivity contribution in [3.8, 4) is 0 Å². The van der Waals surface area contributed by atoms with Crippen molar-refractivity contribution in [3.63, 3.8) is 0 Å². The molecule has 0 aliphatic carbocycles. The van der Waals surface area contributed by atoms with Crippen molar-refractivity contribution >= 4 is 17.4 Å². The summed E-state index contributed by atoms with van der Waals surface area (Å²) in [5, 5.41) is 5.12. The normalized spacial score (nSPS) is 17.5. The number of hydrogen-bond donors (Lipinski definition) is 1. The van der Waals surface area contributed by atoms with Crippen LogP contribution in [0.3, 0.4) is 0 Å². The fourth-order valence-corrected chi connectivity index (χ4v) is 3.23. The first kappa shape index (κ1) is 17.2. The van der Waals surface area contributed by atoms with Crippen molar-refractivity contribution in [3.05, 3.63) is 22.4 Å². The van der Waals surface area contributed by atoms with Gasteiger partial charge in [-0.2, -0.15) is 0 Å². The van der Waals surface area contributed by atoms with Crippen molar-refractivity contribution in [1.29, 1.82) is 0 Å². The minimum absolute atomic E-state index is 0.0442. The van der Waals surface area contributed by atoms with Crippen molar-refractivity contribution in [1.82, 2.24) is 15.1 Å². The zero-order valence-corrected chi connectivity index (χ0v) is 14.4. The van der Waals surface area contributed by atoms with Gasteiger partial charge >= 0.3 is 6.03 Å². The van der Waals surface area contributed by atoms with Crippen LogP contribution in [0.5, 0.6) is 0 Å². The summed E-state index contributed by atoms with van der Waals surface area (Å²) < 4.78 is 5.52. The molecule has 1 aromatic heterocycles. The summed E-state index contributed by atoms with van der Waals surface area (Å²) in [6.07, 6.45) is 1.07. The van der Waals surface area contributed by atoms with Crippen LogP contribution in [-0.4, -0.2) is 61.8 Å². The molecule has 0 saturated carbocycles. The Kier molecular flexibility index (Phi) is 7.15. The average Bonchev–Trinajstić information content (AvgIpc) is 3.06. The quantitative estimate of drug-likeness (QED) is 0.784. The van der Waals surface area contributed by atoms with Crippen LogP contribution in [0.1, 0.15) is 31.2 Å². The lowest BCUT2D eigenvalue weighted by molar-refractivity contribution is 0.0821. The highest BCUT2D eigenvalue weighted by atomic mass is 32.1. The lowest BCUT2D eigenvalue weighted by Crippen LogP contribution is -2.52. The SMILES string of the molecule is CCCOCCN1CCN(C(=O)N[C@H](C)c2cccs2)CC1. The lowest BCUT2D eigenvalue weighted by atomic mass is 10.3. The highest BCUT2D eigenvalue weighted by Crippen LogP contribution is 2.18. The molecule has 1 aliphatic rings. The first-order valence-electron chi connectivity index (χ1n) is 8.09. The topological polar surface area (TPSA) is 44.8 Å². The highest BCUT2D eigenvalue weighted by molar-refractivity contribution is 7.10. The van der Waals surface area contributed by atoms with Crippen LogP contribution in [0.4, 0.5) is 4.79 Å². The van der Waals surface area contributed by atoms with Gasteiger partial charge in [0.15, 0.2) is 0 Å². The number of thiophene rings is 1. The van der Waals surface area contributed by atoms with Crippen molar-refractivity contribution in [2.24, 2.45) is 0 Å². The van der Waals surface area contributed by atoms with Gasteiger partial charge in [-0.25, -0.2) is 4.79 Å². The van der Waals surface area contributed by atoms with Gasteiger partial charge in [-0.3, -0.25) is 4.90 Å². The van der Waals surface area contributed by atoms with E-state index < -0.39 is 0 Å². The van der Waals surface area contributed by atoms with Crippen LogP contribution in [0.2, 0.25) is 0 Å². The second-order valence-electron chi connectivity index (χ2n) is 5.63. The molecule has 1 N–H and O–H groups in total. The molecule has 1 saturated heterocycles. The molecule has 0 aromatic carbocycles. The fraction of sp³-hybridized carbons (Fsp3) is 0.688. The number of amides is 2. The molecule has 1 fully saturated rings. The van der Waals surface area contributed by atoms with Crippen LogP contribution >= 0.6 is 11.3 Å². The standard InChI is InChI=1S/C16H27N3O2S/c1-3-11-21-12-10-18-6-8-19(9-7-18)16(20)17-14(2)15-5-4-13-22-15/h4-5,13-14H,3,6-12H2,1-2H3,(H,17,20)/t14-/m1/s1. The first-order chi connectivity index (χ1) is 10.7. The molecule has 22 heavy (non-hydrogen) atoms. The second-order valence-corrected chi connectivity index (χ2v) is 6.61. The van der Waals surface area contributed by atoms with E-state index in [1.807, 2.05) is 23.3 Å². The third-order valence-electron chi connectivity index (χ3n) is 3.87. The van der Waals surface area contributed by atoms with Crippen molar-refractivity contribution in [2.75, 3.05) is 45.9 Å². The van der Waals surface area contributed by atoms with Crippen LogP contribution < -0.4 is 5.32 Å². The van der Waals surface area contributed by atoms with E-state index in [2.05, 4.69) is 23.2 Å². The smallest absolute Gasteiger partial charge is 0.317 e. The van der Waals surface area contributed by atoms with Crippen LogP contribution in [0.15, 0.2) is 17.5 Å². The third-order valence-corrected chi connectivity index (χ3v) is 4.92. The predicted octanol–water partition coefficient (Wildman–Crippen LogP) is 2.56. The van der Waals surface area contributed by atoms with Gasteiger partial charge in [0.1, 0.15) is 0 Å². The largest absolute Gasteiger partial charge is 0.380 e. The molecule has 0 unspecified atom stereocenters. The van der Waals surface area contributed by atoms with E-state index >= 15 is 0 Å². The molecule has 1 aliphatic heterocycles. The number of carbonyl (C=O) groups excluding carboxylic acids is 1. The Morgan fingerprint density at radius 1 is 1.36 bits per heavy atom.